The number of hydrogen-bond acceptors (Lipinski definition) is 7. The molecular formula is C35H43N3O6S3. The normalized spacial score (nSPS) is 15.3. The number of sulfonamides is 2. The van der Waals surface area contributed by atoms with E-state index in [9.17, 15) is 26.5 Å². The highest BCUT2D eigenvalue weighted by Gasteiger charge is 2.30. The maximum atomic E-state index is 13.7. The third-order valence-corrected chi connectivity index (χ3v) is 11.6. The second-order valence-electron chi connectivity index (χ2n) is 12.1. The number of fused-ring (bicyclic) bond motifs is 1. The molecule has 252 valence electrons. The minimum Gasteiger partial charge on any atom is -0.611 e. The van der Waals surface area contributed by atoms with Gasteiger partial charge in [0.2, 0.25) is 20.0 Å². The van der Waals surface area contributed by atoms with Crippen molar-refractivity contribution >= 4 is 47.7 Å². The molecule has 1 unspecified atom stereocenters. The van der Waals surface area contributed by atoms with Gasteiger partial charge in [-0.3, -0.25) is 0 Å². The van der Waals surface area contributed by atoms with Gasteiger partial charge in [0, 0.05) is 30.8 Å². The second kappa shape index (κ2) is 16.2. The summed E-state index contributed by atoms with van der Waals surface area (Å²) >= 11 is -1.56. The van der Waals surface area contributed by atoms with E-state index in [2.05, 4.69) is 4.72 Å². The van der Waals surface area contributed by atoms with E-state index in [1.807, 2.05) is 80.6 Å². The van der Waals surface area contributed by atoms with Crippen LogP contribution in [0.15, 0.2) is 119 Å². The number of anilines is 1. The summed E-state index contributed by atoms with van der Waals surface area (Å²) in [6.07, 6.45) is 3.54. The molecule has 0 aliphatic rings. The average molecular weight is 698 g/mol. The third-order valence-electron chi connectivity index (χ3n) is 7.56. The Kier molecular flexibility index (Phi) is 12.7. The number of nitrogens with zero attached hydrogens (tertiary/aromatic N) is 1. The van der Waals surface area contributed by atoms with Gasteiger partial charge in [-0.15, -0.1) is 0 Å². The molecule has 0 aromatic heterocycles. The van der Waals surface area contributed by atoms with Gasteiger partial charge in [-0.05, 0) is 76.2 Å². The first-order valence-electron chi connectivity index (χ1n) is 15.3. The highest BCUT2D eigenvalue weighted by atomic mass is 32.2. The zero-order chi connectivity index (χ0) is 34.2. The Bertz CT molecular complexity index is 1850. The predicted octanol–water partition coefficient (Wildman–Crippen LogP) is 4.57. The number of benzene rings is 4. The van der Waals surface area contributed by atoms with Crippen molar-refractivity contribution in [1.82, 2.24) is 9.03 Å². The molecular weight excluding hydrogens is 655 g/mol. The van der Waals surface area contributed by atoms with Crippen molar-refractivity contribution in [3.05, 3.63) is 115 Å². The first kappa shape index (κ1) is 36.6. The monoisotopic (exact) mass is 697 g/mol. The number of nitrogens with two attached hydrogens (primary N) is 1. The zero-order valence-corrected chi connectivity index (χ0v) is 29.2. The Balaban J connectivity index is 1.62. The van der Waals surface area contributed by atoms with Crippen LogP contribution in [0.3, 0.4) is 0 Å². The molecule has 4 rings (SSSR count). The first-order valence-corrected chi connectivity index (χ1v) is 20.0. The van der Waals surface area contributed by atoms with E-state index >= 15 is 0 Å². The fourth-order valence-corrected chi connectivity index (χ4v) is 8.91. The molecule has 12 heteroatoms. The van der Waals surface area contributed by atoms with Crippen LogP contribution in [0.4, 0.5) is 5.69 Å². The van der Waals surface area contributed by atoms with Crippen LogP contribution in [0.25, 0.3) is 10.8 Å². The number of aliphatic hydroxyl groups is 1. The minimum atomic E-state index is -3.97. The van der Waals surface area contributed by atoms with Crippen LogP contribution in [0.5, 0.6) is 0 Å². The number of nitrogens with one attached hydrogen (secondary N) is 1. The van der Waals surface area contributed by atoms with E-state index in [4.69, 9.17) is 5.73 Å². The average Bonchev–Trinajstić information content (AvgIpc) is 3.02. The van der Waals surface area contributed by atoms with Gasteiger partial charge in [0.25, 0.3) is 0 Å². The van der Waals surface area contributed by atoms with E-state index in [1.54, 1.807) is 18.2 Å². The highest BCUT2D eigenvalue weighted by Crippen LogP contribution is 2.24. The highest BCUT2D eigenvalue weighted by molar-refractivity contribution is 7.91. The molecule has 4 aromatic carbocycles. The molecule has 0 fully saturated rings. The van der Waals surface area contributed by atoms with Crippen molar-refractivity contribution in [3.8, 4) is 0 Å². The molecule has 0 saturated carbocycles. The first-order chi connectivity index (χ1) is 22.2. The summed E-state index contributed by atoms with van der Waals surface area (Å²) in [5.41, 5.74) is 7.13. The quantitative estimate of drug-likeness (QED) is 0.0881. The molecule has 0 aliphatic carbocycles. The molecule has 4 atom stereocenters. The summed E-state index contributed by atoms with van der Waals surface area (Å²) in [5, 5.41) is 13.6. The summed E-state index contributed by atoms with van der Waals surface area (Å²) in [6, 6.07) is 27.7. The van der Waals surface area contributed by atoms with E-state index in [-0.39, 0.29) is 29.7 Å². The fourth-order valence-electron chi connectivity index (χ4n) is 5.28. The van der Waals surface area contributed by atoms with Crippen molar-refractivity contribution < 1.29 is 26.5 Å². The van der Waals surface area contributed by atoms with E-state index < -0.39 is 49.3 Å². The predicted molar refractivity (Wildman–Crippen MR) is 190 cm³/mol. The van der Waals surface area contributed by atoms with E-state index in [0.717, 1.165) is 22.6 Å². The lowest BCUT2D eigenvalue weighted by Crippen LogP contribution is -2.42. The van der Waals surface area contributed by atoms with Crippen molar-refractivity contribution in [2.75, 3.05) is 30.8 Å². The zero-order valence-electron chi connectivity index (χ0n) is 26.8. The molecule has 0 amide bonds. The van der Waals surface area contributed by atoms with E-state index in [0.29, 0.717) is 17.0 Å². The summed E-state index contributed by atoms with van der Waals surface area (Å²) in [7, 11) is -7.66. The molecule has 4 aromatic rings. The van der Waals surface area contributed by atoms with Crippen LogP contribution < -0.4 is 10.5 Å². The Morgan fingerprint density at radius 1 is 0.872 bits per heavy atom. The van der Waals surface area contributed by atoms with Crippen LogP contribution in [0.1, 0.15) is 19.4 Å². The maximum Gasteiger partial charge on any atom is 0.243 e. The van der Waals surface area contributed by atoms with Crippen LogP contribution in [0, 0.1) is 11.8 Å². The number of nitrogen functional groups attached to an aromatic ring is 1. The lowest BCUT2D eigenvalue weighted by atomic mass is 9.92. The van der Waals surface area contributed by atoms with E-state index in [1.165, 1.54) is 28.6 Å². The van der Waals surface area contributed by atoms with Crippen LogP contribution >= 0.6 is 0 Å². The molecule has 0 bridgehead atoms. The molecule has 0 radical (unpaired) electrons. The van der Waals surface area contributed by atoms with Gasteiger partial charge >= 0.3 is 0 Å². The van der Waals surface area contributed by atoms with Gasteiger partial charge in [0.1, 0.15) is 5.75 Å². The van der Waals surface area contributed by atoms with Gasteiger partial charge in [0.15, 0.2) is 4.90 Å². The number of rotatable bonds is 16. The van der Waals surface area contributed by atoms with Crippen LogP contribution in [-0.4, -0.2) is 68.0 Å². The summed E-state index contributed by atoms with van der Waals surface area (Å²) in [4.78, 5) is 0.638. The Hall–Kier alpha value is -3.23. The standard InChI is InChI=1S/C35H43N3O6S3/c1-26(2)23-38(47(43,44)34-19-15-31(36)16-20-34)24-35(39)30(21-27-9-5-4-6-10-27)13-17-32(37-46(3,41)42)25-45(40)33-18-14-28-11-7-8-12-29(28)22-33/h4-20,22,26,30,32,35,37,39H,21,23-25,36H2,1-3H3/b17-13+/t30-,32-,35-,45?/m0/s1. The summed E-state index contributed by atoms with van der Waals surface area (Å²) < 4.78 is 69.4. The maximum absolute atomic E-state index is 13.7. The Morgan fingerprint density at radius 3 is 2.15 bits per heavy atom. The summed E-state index contributed by atoms with van der Waals surface area (Å²) in [6.45, 7) is 3.78. The minimum absolute atomic E-state index is 0.0256. The lowest BCUT2D eigenvalue weighted by molar-refractivity contribution is 0.103. The van der Waals surface area contributed by atoms with Gasteiger partial charge in [-0.25, -0.2) is 21.6 Å². The Labute approximate surface area is 281 Å². The lowest BCUT2D eigenvalue weighted by Gasteiger charge is -2.29. The summed E-state index contributed by atoms with van der Waals surface area (Å²) in [5.74, 6) is -0.671. The fraction of sp³-hybridized carbons (Fsp3) is 0.314. The second-order valence-corrected chi connectivity index (χ2v) is 17.3. The smallest absolute Gasteiger partial charge is 0.243 e. The number of hydrogen-bond donors (Lipinski definition) is 3. The van der Waals surface area contributed by atoms with Gasteiger partial charge in [-0.1, -0.05) is 80.6 Å². The molecule has 4 N–H and O–H groups in total. The van der Waals surface area contributed by atoms with Crippen molar-refractivity contribution in [2.24, 2.45) is 11.8 Å². The van der Waals surface area contributed by atoms with Crippen LogP contribution in [-0.2, 0) is 37.6 Å². The SMILES string of the molecule is CC(C)CN(C[C@H](O)[C@@H](/C=C/[C@@H](C[S+]([O-])c1ccc2ccccc2c1)NS(C)(=O)=O)Cc1ccccc1)S(=O)(=O)c1ccc(N)cc1. The van der Waals surface area contributed by atoms with Gasteiger partial charge in [0.05, 0.1) is 23.3 Å². The molecule has 9 nitrogen and oxygen atoms in total. The van der Waals surface area contributed by atoms with Crippen LogP contribution in [0.2, 0.25) is 0 Å². The van der Waals surface area contributed by atoms with Gasteiger partial charge in [-0.2, -0.15) is 4.31 Å². The third kappa shape index (κ3) is 10.9. The molecule has 0 saturated heterocycles. The Morgan fingerprint density at radius 2 is 1.51 bits per heavy atom. The molecule has 0 spiro atoms. The molecule has 0 heterocycles. The van der Waals surface area contributed by atoms with Crippen molar-refractivity contribution in [1.29, 1.82) is 0 Å². The number of aliphatic hydroxyl groups excluding tert-OH is 1. The largest absolute Gasteiger partial charge is 0.611 e. The van der Waals surface area contributed by atoms with Crippen molar-refractivity contribution in [2.45, 2.75) is 42.2 Å². The van der Waals surface area contributed by atoms with Crippen molar-refractivity contribution in [3.63, 3.8) is 0 Å². The molecule has 0 aliphatic heterocycles. The molecule has 47 heavy (non-hydrogen) atoms. The topological polar surface area (TPSA) is 153 Å². The van der Waals surface area contributed by atoms with Gasteiger partial charge < -0.3 is 15.4 Å².